The fraction of sp³-hybridized carbons (Fsp3) is 0.444. The summed E-state index contributed by atoms with van der Waals surface area (Å²) in [5, 5.41) is 4.40. The summed E-state index contributed by atoms with van der Waals surface area (Å²) < 4.78 is 16.0. The molecule has 0 spiro atoms. The normalized spacial score (nSPS) is 15.6. The van der Waals surface area contributed by atoms with Crippen LogP contribution >= 0.6 is 15.9 Å². The summed E-state index contributed by atoms with van der Waals surface area (Å²) in [5.74, 6) is -0.120. The number of halogens is 2. The lowest BCUT2D eigenvalue weighted by Gasteiger charge is -2.34. The molecule has 1 aliphatic heterocycles. The van der Waals surface area contributed by atoms with E-state index in [1.54, 1.807) is 16.8 Å². The molecule has 0 aliphatic carbocycles. The van der Waals surface area contributed by atoms with E-state index in [-0.39, 0.29) is 18.3 Å². The third kappa shape index (κ3) is 4.27. The Hall–Kier alpha value is -1.73. The highest BCUT2D eigenvalue weighted by molar-refractivity contribution is 9.10. The highest BCUT2D eigenvalue weighted by atomic mass is 79.9. The van der Waals surface area contributed by atoms with Crippen LogP contribution in [0.15, 0.2) is 28.7 Å². The number of hydrogen-bond acceptors (Lipinski definition) is 3. The minimum Gasteiger partial charge on any atom is -0.339 e. The molecule has 1 aromatic carbocycles. The summed E-state index contributed by atoms with van der Waals surface area (Å²) in [4.78, 5) is 16.7. The molecule has 1 amide bonds. The predicted octanol–water partition coefficient (Wildman–Crippen LogP) is 2.75. The molecule has 134 valence electrons. The second-order valence-electron chi connectivity index (χ2n) is 6.43. The van der Waals surface area contributed by atoms with Crippen molar-refractivity contribution in [2.75, 3.05) is 26.2 Å². The molecule has 0 saturated carbocycles. The number of hydrogen-bond donors (Lipinski definition) is 0. The SMILES string of the molecule is Cc1nn(CC(=O)N2CCN(Cc3cccc(F)c3)CC2)c(C)c1Br. The zero-order valence-electron chi connectivity index (χ0n) is 14.5. The van der Waals surface area contributed by atoms with Crippen LogP contribution in [0, 0.1) is 19.7 Å². The van der Waals surface area contributed by atoms with Crippen LogP contribution in [0.3, 0.4) is 0 Å². The molecule has 1 saturated heterocycles. The number of aryl methyl sites for hydroxylation is 1. The van der Waals surface area contributed by atoms with Crippen LogP contribution in [-0.4, -0.2) is 51.7 Å². The van der Waals surface area contributed by atoms with Crippen molar-refractivity contribution in [3.63, 3.8) is 0 Å². The van der Waals surface area contributed by atoms with Crippen molar-refractivity contribution in [3.05, 3.63) is 51.5 Å². The first kappa shape index (κ1) is 18.1. The van der Waals surface area contributed by atoms with E-state index in [1.165, 1.54) is 6.07 Å². The van der Waals surface area contributed by atoms with Crippen LogP contribution in [0.25, 0.3) is 0 Å². The number of aromatic nitrogens is 2. The zero-order chi connectivity index (χ0) is 18.0. The third-order valence-electron chi connectivity index (χ3n) is 4.60. The number of rotatable bonds is 4. The van der Waals surface area contributed by atoms with Crippen molar-refractivity contribution in [3.8, 4) is 0 Å². The summed E-state index contributed by atoms with van der Waals surface area (Å²) in [5.41, 5.74) is 2.83. The van der Waals surface area contributed by atoms with Gasteiger partial charge in [-0.2, -0.15) is 5.10 Å². The van der Waals surface area contributed by atoms with Gasteiger partial charge < -0.3 is 4.90 Å². The van der Waals surface area contributed by atoms with Gasteiger partial charge in [0, 0.05) is 32.7 Å². The van der Waals surface area contributed by atoms with Crippen LogP contribution in [0.1, 0.15) is 17.0 Å². The molecule has 0 unspecified atom stereocenters. The van der Waals surface area contributed by atoms with Gasteiger partial charge in [-0.3, -0.25) is 14.4 Å². The molecule has 25 heavy (non-hydrogen) atoms. The van der Waals surface area contributed by atoms with Crippen LogP contribution in [0.5, 0.6) is 0 Å². The second-order valence-corrected chi connectivity index (χ2v) is 7.22. The molecular weight excluding hydrogens is 387 g/mol. The van der Waals surface area contributed by atoms with Gasteiger partial charge in [-0.25, -0.2) is 4.39 Å². The van der Waals surface area contributed by atoms with Crippen molar-refractivity contribution in [1.82, 2.24) is 19.6 Å². The van der Waals surface area contributed by atoms with Crippen molar-refractivity contribution in [2.24, 2.45) is 0 Å². The first-order chi connectivity index (χ1) is 11.9. The molecule has 1 fully saturated rings. The van der Waals surface area contributed by atoms with Gasteiger partial charge in [0.1, 0.15) is 12.4 Å². The molecule has 0 bridgehead atoms. The molecule has 2 heterocycles. The Morgan fingerprint density at radius 1 is 1.24 bits per heavy atom. The number of amides is 1. The lowest BCUT2D eigenvalue weighted by Crippen LogP contribution is -2.49. The number of benzene rings is 1. The minimum atomic E-state index is -0.206. The van der Waals surface area contributed by atoms with Crippen LogP contribution in [0.4, 0.5) is 4.39 Å². The topological polar surface area (TPSA) is 41.4 Å². The summed E-state index contributed by atoms with van der Waals surface area (Å²) in [6.07, 6.45) is 0. The van der Waals surface area contributed by atoms with Crippen molar-refractivity contribution >= 4 is 21.8 Å². The van der Waals surface area contributed by atoms with E-state index < -0.39 is 0 Å². The highest BCUT2D eigenvalue weighted by Crippen LogP contribution is 2.20. The van der Waals surface area contributed by atoms with E-state index in [4.69, 9.17) is 0 Å². The lowest BCUT2D eigenvalue weighted by atomic mass is 10.2. The van der Waals surface area contributed by atoms with Gasteiger partial charge in [-0.1, -0.05) is 12.1 Å². The van der Waals surface area contributed by atoms with Crippen molar-refractivity contribution < 1.29 is 9.18 Å². The standard InChI is InChI=1S/C18H22BrFN4O/c1-13-18(19)14(2)24(21-13)12-17(25)23-8-6-22(7-9-23)11-15-4-3-5-16(20)10-15/h3-5,10H,6-9,11-12H2,1-2H3. The minimum absolute atomic E-state index is 0.0866. The molecule has 0 atom stereocenters. The maximum absolute atomic E-state index is 13.3. The van der Waals surface area contributed by atoms with Gasteiger partial charge in [0.2, 0.25) is 5.91 Å². The van der Waals surface area contributed by atoms with Gasteiger partial charge in [0.25, 0.3) is 0 Å². The van der Waals surface area contributed by atoms with Gasteiger partial charge >= 0.3 is 0 Å². The molecule has 1 aliphatic rings. The molecule has 5 nitrogen and oxygen atoms in total. The van der Waals surface area contributed by atoms with E-state index in [0.29, 0.717) is 19.6 Å². The molecule has 3 rings (SSSR count). The van der Waals surface area contributed by atoms with Crippen LogP contribution < -0.4 is 0 Å². The fourth-order valence-corrected chi connectivity index (χ4v) is 3.39. The monoisotopic (exact) mass is 408 g/mol. The average molecular weight is 409 g/mol. The smallest absolute Gasteiger partial charge is 0.244 e. The predicted molar refractivity (Wildman–Crippen MR) is 97.7 cm³/mol. The molecule has 0 N–H and O–H groups in total. The van der Waals surface area contributed by atoms with E-state index in [9.17, 15) is 9.18 Å². The molecule has 1 aromatic heterocycles. The van der Waals surface area contributed by atoms with Crippen LogP contribution in [-0.2, 0) is 17.9 Å². The molecule has 7 heteroatoms. The molecule has 0 radical (unpaired) electrons. The van der Waals surface area contributed by atoms with Crippen molar-refractivity contribution in [1.29, 1.82) is 0 Å². The maximum atomic E-state index is 13.3. The van der Waals surface area contributed by atoms with E-state index in [0.717, 1.165) is 34.5 Å². The Bertz CT molecular complexity index is 768. The number of carbonyl (C=O) groups is 1. The van der Waals surface area contributed by atoms with E-state index in [1.807, 2.05) is 24.8 Å². The Balaban J connectivity index is 1.53. The van der Waals surface area contributed by atoms with Gasteiger partial charge in [-0.15, -0.1) is 0 Å². The summed E-state index contributed by atoms with van der Waals surface area (Å²) >= 11 is 3.49. The summed E-state index contributed by atoms with van der Waals surface area (Å²) in [6.45, 7) is 7.82. The largest absolute Gasteiger partial charge is 0.339 e. The Morgan fingerprint density at radius 3 is 2.56 bits per heavy atom. The first-order valence-corrected chi connectivity index (χ1v) is 9.17. The number of piperazine rings is 1. The van der Waals surface area contributed by atoms with E-state index >= 15 is 0 Å². The Labute approximate surface area is 155 Å². The Kier molecular flexibility index (Phi) is 5.54. The third-order valence-corrected chi connectivity index (χ3v) is 5.75. The highest BCUT2D eigenvalue weighted by Gasteiger charge is 2.22. The van der Waals surface area contributed by atoms with E-state index in [2.05, 4.69) is 25.9 Å². The zero-order valence-corrected chi connectivity index (χ0v) is 16.1. The second kappa shape index (κ2) is 7.66. The van der Waals surface area contributed by atoms with Gasteiger partial charge in [0.15, 0.2) is 0 Å². The maximum Gasteiger partial charge on any atom is 0.244 e. The van der Waals surface area contributed by atoms with Gasteiger partial charge in [-0.05, 0) is 47.5 Å². The van der Waals surface area contributed by atoms with Gasteiger partial charge in [0.05, 0.1) is 15.9 Å². The Morgan fingerprint density at radius 2 is 1.96 bits per heavy atom. The number of nitrogens with zero attached hydrogens (tertiary/aromatic N) is 4. The quantitative estimate of drug-likeness (QED) is 0.780. The fourth-order valence-electron chi connectivity index (χ4n) is 3.11. The first-order valence-electron chi connectivity index (χ1n) is 8.38. The number of carbonyl (C=O) groups excluding carboxylic acids is 1. The summed E-state index contributed by atoms with van der Waals surface area (Å²) in [7, 11) is 0. The molecule has 2 aromatic rings. The van der Waals surface area contributed by atoms with Crippen LogP contribution in [0.2, 0.25) is 0 Å². The molecular formula is C18H22BrFN4O. The lowest BCUT2D eigenvalue weighted by molar-refractivity contribution is -0.133. The van der Waals surface area contributed by atoms with Crippen molar-refractivity contribution in [2.45, 2.75) is 26.9 Å². The summed E-state index contributed by atoms with van der Waals surface area (Å²) in [6, 6.07) is 6.69. The average Bonchev–Trinajstić information content (AvgIpc) is 2.82.